The van der Waals surface area contributed by atoms with Crippen LogP contribution in [-0.4, -0.2) is 45.6 Å². The SMILES string of the molecule is CCOC(=O)C1c2cncnc2OCCN1Cc1ccccc1-c1ccncc1. The number of hydrogen-bond donors (Lipinski definition) is 0. The van der Waals surface area contributed by atoms with Gasteiger partial charge in [-0.25, -0.2) is 14.8 Å². The lowest BCUT2D eigenvalue weighted by atomic mass is 9.99. The van der Waals surface area contributed by atoms with Crippen molar-refractivity contribution in [1.29, 1.82) is 0 Å². The number of hydrogen-bond acceptors (Lipinski definition) is 7. The van der Waals surface area contributed by atoms with Gasteiger partial charge in [-0.3, -0.25) is 9.88 Å². The van der Waals surface area contributed by atoms with Crippen molar-refractivity contribution in [3.8, 4) is 17.0 Å². The minimum Gasteiger partial charge on any atom is -0.476 e. The minimum absolute atomic E-state index is 0.306. The molecular weight excluding hydrogens is 368 g/mol. The summed E-state index contributed by atoms with van der Waals surface area (Å²) in [5, 5.41) is 0. The van der Waals surface area contributed by atoms with Crippen LogP contribution in [0.25, 0.3) is 11.1 Å². The highest BCUT2D eigenvalue weighted by Gasteiger charge is 2.35. The largest absolute Gasteiger partial charge is 0.476 e. The van der Waals surface area contributed by atoms with Crippen LogP contribution >= 0.6 is 0 Å². The summed E-state index contributed by atoms with van der Waals surface area (Å²) in [6.45, 7) is 3.65. The molecule has 1 atom stereocenters. The molecular formula is C22H22N4O3. The first-order valence-corrected chi connectivity index (χ1v) is 9.59. The number of carbonyl (C=O) groups excluding carboxylic acids is 1. The maximum absolute atomic E-state index is 12.9. The Bertz CT molecular complexity index is 981. The normalized spacial score (nSPS) is 16.4. The van der Waals surface area contributed by atoms with Crippen LogP contribution < -0.4 is 4.74 Å². The number of aromatic nitrogens is 3. The monoisotopic (exact) mass is 390 g/mol. The first-order chi connectivity index (χ1) is 14.3. The molecule has 0 saturated heterocycles. The van der Waals surface area contributed by atoms with E-state index in [4.69, 9.17) is 9.47 Å². The van der Waals surface area contributed by atoms with Crippen LogP contribution in [0.3, 0.4) is 0 Å². The first-order valence-electron chi connectivity index (χ1n) is 9.59. The molecule has 0 fully saturated rings. The molecule has 1 aromatic carbocycles. The lowest BCUT2D eigenvalue weighted by Crippen LogP contribution is -2.36. The summed E-state index contributed by atoms with van der Waals surface area (Å²) in [6, 6.07) is 11.5. The fraction of sp³-hybridized carbons (Fsp3) is 0.273. The highest BCUT2D eigenvalue weighted by Crippen LogP contribution is 2.33. The second-order valence-corrected chi connectivity index (χ2v) is 6.65. The summed E-state index contributed by atoms with van der Waals surface area (Å²) in [5.41, 5.74) is 3.92. The number of nitrogens with zero attached hydrogens (tertiary/aromatic N) is 4. The van der Waals surface area contributed by atoms with Crippen molar-refractivity contribution in [3.63, 3.8) is 0 Å². The van der Waals surface area contributed by atoms with Gasteiger partial charge < -0.3 is 9.47 Å². The molecule has 0 radical (unpaired) electrons. The Labute approximate surface area is 169 Å². The molecule has 1 aliphatic heterocycles. The van der Waals surface area contributed by atoms with Crippen molar-refractivity contribution < 1.29 is 14.3 Å². The van der Waals surface area contributed by atoms with E-state index in [1.807, 2.05) is 24.3 Å². The van der Waals surface area contributed by atoms with E-state index in [1.54, 1.807) is 25.5 Å². The van der Waals surface area contributed by atoms with Crippen LogP contribution in [0.4, 0.5) is 0 Å². The maximum Gasteiger partial charge on any atom is 0.328 e. The van der Waals surface area contributed by atoms with Gasteiger partial charge >= 0.3 is 5.97 Å². The van der Waals surface area contributed by atoms with Gasteiger partial charge in [-0.05, 0) is 35.7 Å². The Kier molecular flexibility index (Phi) is 5.76. The van der Waals surface area contributed by atoms with E-state index in [-0.39, 0.29) is 5.97 Å². The third-order valence-electron chi connectivity index (χ3n) is 4.87. The van der Waals surface area contributed by atoms with Gasteiger partial charge in [-0.1, -0.05) is 24.3 Å². The Hall–Kier alpha value is -3.32. The Morgan fingerprint density at radius 1 is 1.21 bits per heavy atom. The zero-order valence-corrected chi connectivity index (χ0v) is 16.2. The average Bonchev–Trinajstić information content (AvgIpc) is 2.94. The Morgan fingerprint density at radius 3 is 2.86 bits per heavy atom. The third-order valence-corrected chi connectivity index (χ3v) is 4.87. The molecule has 3 aromatic rings. The van der Waals surface area contributed by atoms with E-state index in [9.17, 15) is 4.79 Å². The topological polar surface area (TPSA) is 77.4 Å². The van der Waals surface area contributed by atoms with Crippen LogP contribution in [0.2, 0.25) is 0 Å². The molecule has 0 spiro atoms. The van der Waals surface area contributed by atoms with Gasteiger partial charge in [0.1, 0.15) is 19.0 Å². The van der Waals surface area contributed by atoms with E-state index >= 15 is 0 Å². The predicted molar refractivity (Wildman–Crippen MR) is 107 cm³/mol. The standard InChI is InChI=1S/C22H22N4O3/c1-2-28-22(27)20-19-13-24-15-25-21(19)29-12-11-26(20)14-17-5-3-4-6-18(17)16-7-9-23-10-8-16/h3-10,13,15,20H,2,11-12,14H2,1H3. The molecule has 0 N–H and O–H groups in total. The average molecular weight is 390 g/mol. The molecule has 4 rings (SSSR count). The first kappa shape index (κ1) is 19.0. The fourth-order valence-electron chi connectivity index (χ4n) is 3.58. The fourth-order valence-corrected chi connectivity index (χ4v) is 3.58. The van der Waals surface area contributed by atoms with Gasteiger partial charge in [0.2, 0.25) is 5.88 Å². The van der Waals surface area contributed by atoms with Crippen LogP contribution in [0.1, 0.15) is 24.1 Å². The second-order valence-electron chi connectivity index (χ2n) is 6.65. The highest BCUT2D eigenvalue weighted by atomic mass is 16.5. The van der Waals surface area contributed by atoms with E-state index in [1.165, 1.54) is 6.33 Å². The number of carbonyl (C=O) groups is 1. The summed E-state index contributed by atoms with van der Waals surface area (Å²) in [6.07, 6.45) is 6.62. The predicted octanol–water partition coefficient (Wildman–Crippen LogP) is 3.04. The zero-order chi connectivity index (χ0) is 20.1. The molecule has 0 aliphatic carbocycles. The number of esters is 1. The molecule has 1 unspecified atom stereocenters. The zero-order valence-electron chi connectivity index (χ0n) is 16.2. The van der Waals surface area contributed by atoms with E-state index < -0.39 is 6.04 Å². The van der Waals surface area contributed by atoms with Crippen molar-refractivity contribution in [1.82, 2.24) is 19.9 Å². The molecule has 0 bridgehead atoms. The summed E-state index contributed by atoms with van der Waals surface area (Å²) in [4.78, 5) is 27.4. The molecule has 0 saturated carbocycles. The summed E-state index contributed by atoms with van der Waals surface area (Å²) in [5.74, 6) is 0.110. The van der Waals surface area contributed by atoms with Crippen LogP contribution in [0, 0.1) is 0 Å². The molecule has 29 heavy (non-hydrogen) atoms. The molecule has 1 aliphatic rings. The molecule has 3 heterocycles. The van der Waals surface area contributed by atoms with E-state index in [0.29, 0.717) is 37.7 Å². The molecule has 7 nitrogen and oxygen atoms in total. The number of rotatable bonds is 5. The molecule has 2 aromatic heterocycles. The number of benzene rings is 1. The Morgan fingerprint density at radius 2 is 2.03 bits per heavy atom. The summed E-state index contributed by atoms with van der Waals surface area (Å²) < 4.78 is 11.2. The lowest BCUT2D eigenvalue weighted by molar-refractivity contribution is -0.150. The summed E-state index contributed by atoms with van der Waals surface area (Å²) >= 11 is 0. The van der Waals surface area contributed by atoms with Crippen LogP contribution in [-0.2, 0) is 16.1 Å². The van der Waals surface area contributed by atoms with Gasteiger partial charge in [0.05, 0.1) is 12.2 Å². The molecule has 7 heteroatoms. The van der Waals surface area contributed by atoms with Crippen molar-refractivity contribution in [2.45, 2.75) is 19.5 Å². The maximum atomic E-state index is 12.9. The molecule has 148 valence electrons. The van der Waals surface area contributed by atoms with Crippen LogP contribution in [0.5, 0.6) is 5.88 Å². The second kappa shape index (κ2) is 8.79. The smallest absolute Gasteiger partial charge is 0.328 e. The van der Waals surface area contributed by atoms with Crippen molar-refractivity contribution in [2.24, 2.45) is 0 Å². The van der Waals surface area contributed by atoms with Crippen molar-refractivity contribution in [3.05, 3.63) is 72.4 Å². The Balaban J connectivity index is 1.72. The minimum atomic E-state index is -0.626. The summed E-state index contributed by atoms with van der Waals surface area (Å²) in [7, 11) is 0. The molecule has 0 amide bonds. The van der Waals surface area contributed by atoms with E-state index in [0.717, 1.165) is 16.7 Å². The van der Waals surface area contributed by atoms with Crippen LogP contribution in [0.15, 0.2) is 61.3 Å². The van der Waals surface area contributed by atoms with Gasteiger partial charge in [0.25, 0.3) is 0 Å². The number of ether oxygens (including phenoxy) is 2. The van der Waals surface area contributed by atoms with Crippen molar-refractivity contribution in [2.75, 3.05) is 19.8 Å². The third kappa shape index (κ3) is 4.09. The van der Waals surface area contributed by atoms with Gasteiger partial charge in [-0.15, -0.1) is 0 Å². The number of fused-ring (bicyclic) bond motifs is 1. The van der Waals surface area contributed by atoms with E-state index in [2.05, 4.69) is 32.0 Å². The number of pyridine rings is 1. The van der Waals surface area contributed by atoms with Gasteiger partial charge in [0.15, 0.2) is 0 Å². The lowest BCUT2D eigenvalue weighted by Gasteiger charge is -2.28. The van der Waals surface area contributed by atoms with Gasteiger partial charge in [0, 0.05) is 31.7 Å². The van der Waals surface area contributed by atoms with Gasteiger partial charge in [-0.2, -0.15) is 0 Å². The highest BCUT2D eigenvalue weighted by molar-refractivity contribution is 5.78. The van der Waals surface area contributed by atoms with Crippen molar-refractivity contribution >= 4 is 5.97 Å². The quantitative estimate of drug-likeness (QED) is 0.620.